The van der Waals surface area contributed by atoms with Crippen LogP contribution in [0.15, 0.2) is 57.9 Å². The standard InChI is InChI=1S/C21H25.C5H5.C3H6.Zr/c1-20(2,3)16-7-9-18-14(12-16)11-15-13-17(21(4,5)6)8-10-19(15)18;1-2-4-5-3-1;1-3-2;/h7-13H,1-6H3;1-3H,4H2;1-2H3;. The summed E-state index contributed by atoms with van der Waals surface area (Å²) in [6, 6.07) is 14.7. The van der Waals surface area contributed by atoms with Crippen LogP contribution in [-0.2, 0) is 32.1 Å². The van der Waals surface area contributed by atoms with Crippen molar-refractivity contribution in [1.29, 1.82) is 0 Å². The molecule has 0 N–H and O–H groups in total. The van der Waals surface area contributed by atoms with E-state index in [9.17, 15) is 0 Å². The van der Waals surface area contributed by atoms with E-state index in [2.05, 4.69) is 110 Å². The van der Waals surface area contributed by atoms with Gasteiger partial charge in [0.05, 0.1) is 0 Å². The fourth-order valence-electron chi connectivity index (χ4n) is 4.95. The molecular formula is C29H36Zr. The molecule has 0 atom stereocenters. The quantitative estimate of drug-likeness (QED) is 0.412. The Bertz CT molecular complexity index is 1030. The van der Waals surface area contributed by atoms with Crippen LogP contribution in [0.2, 0.25) is 0 Å². The third kappa shape index (κ3) is 3.84. The second-order valence-corrected chi connectivity index (χ2v) is 18.8. The zero-order valence-corrected chi connectivity index (χ0v) is 22.4. The summed E-state index contributed by atoms with van der Waals surface area (Å²) >= 11 is -2.06. The summed E-state index contributed by atoms with van der Waals surface area (Å²) < 4.78 is 4.06. The van der Waals surface area contributed by atoms with Gasteiger partial charge in [-0.3, -0.25) is 0 Å². The van der Waals surface area contributed by atoms with Gasteiger partial charge in [0.25, 0.3) is 0 Å². The average molecular weight is 476 g/mol. The van der Waals surface area contributed by atoms with E-state index in [-0.39, 0.29) is 10.8 Å². The van der Waals surface area contributed by atoms with E-state index in [1.54, 1.807) is 17.6 Å². The van der Waals surface area contributed by atoms with Crippen LogP contribution in [0.4, 0.5) is 0 Å². The Balaban J connectivity index is 2.00. The number of allylic oxidation sites excluding steroid dienone is 4. The molecule has 0 saturated heterocycles. The monoisotopic (exact) mass is 474 g/mol. The topological polar surface area (TPSA) is 0 Å². The van der Waals surface area contributed by atoms with Gasteiger partial charge < -0.3 is 0 Å². The van der Waals surface area contributed by atoms with Crippen molar-refractivity contribution in [3.8, 4) is 11.1 Å². The second kappa shape index (κ2) is 7.67. The van der Waals surface area contributed by atoms with Crippen molar-refractivity contribution in [2.24, 2.45) is 0 Å². The Morgan fingerprint density at radius 2 is 1.30 bits per heavy atom. The van der Waals surface area contributed by atoms with E-state index in [4.69, 9.17) is 0 Å². The van der Waals surface area contributed by atoms with E-state index in [1.807, 2.05) is 0 Å². The van der Waals surface area contributed by atoms with Crippen LogP contribution in [-0.4, -0.2) is 3.21 Å². The Morgan fingerprint density at radius 3 is 1.67 bits per heavy atom. The molecule has 2 aliphatic rings. The predicted octanol–water partition coefficient (Wildman–Crippen LogP) is 8.03. The minimum atomic E-state index is -2.06. The molecule has 1 heteroatoms. The van der Waals surface area contributed by atoms with Crippen molar-refractivity contribution < 1.29 is 21.3 Å². The van der Waals surface area contributed by atoms with Crippen LogP contribution in [0.25, 0.3) is 11.1 Å². The molecular weight excluding hydrogens is 440 g/mol. The molecule has 2 aromatic carbocycles. The molecule has 2 aliphatic carbocycles. The zero-order chi connectivity index (χ0) is 21.8. The summed E-state index contributed by atoms with van der Waals surface area (Å²) in [4.78, 5) is 0. The summed E-state index contributed by atoms with van der Waals surface area (Å²) in [6.07, 6.45) is 8.25. The first kappa shape index (κ1) is 21.9. The first-order valence-electron chi connectivity index (χ1n) is 11.3. The van der Waals surface area contributed by atoms with Gasteiger partial charge in [0.2, 0.25) is 0 Å². The minimum absolute atomic E-state index is 0.174. The zero-order valence-electron chi connectivity index (χ0n) is 20.0. The van der Waals surface area contributed by atoms with Crippen LogP contribution in [0.5, 0.6) is 0 Å². The van der Waals surface area contributed by atoms with E-state index in [0.29, 0.717) is 3.63 Å². The normalized spacial score (nSPS) is 15.8. The van der Waals surface area contributed by atoms with Gasteiger partial charge in [-0.25, -0.2) is 0 Å². The summed E-state index contributed by atoms with van der Waals surface area (Å²) in [6.45, 7) is 18.8. The number of hydrogen-bond donors (Lipinski definition) is 0. The SMILES string of the molecule is C[C](C)=[Zr]([C]1=CC=CC1)[CH]1c2cc(C(C)(C)C)ccc2-c2ccc(C(C)(C)C)cc21. The van der Waals surface area contributed by atoms with Crippen LogP contribution >= 0.6 is 0 Å². The van der Waals surface area contributed by atoms with Crippen LogP contribution in [0, 0.1) is 0 Å². The van der Waals surface area contributed by atoms with Gasteiger partial charge in [-0.05, 0) is 0 Å². The van der Waals surface area contributed by atoms with Gasteiger partial charge in [-0.15, -0.1) is 0 Å². The molecule has 0 bridgehead atoms. The van der Waals surface area contributed by atoms with E-state index in [0.717, 1.165) is 0 Å². The van der Waals surface area contributed by atoms with E-state index < -0.39 is 21.3 Å². The van der Waals surface area contributed by atoms with Gasteiger partial charge >= 0.3 is 192 Å². The molecule has 0 fully saturated rings. The van der Waals surface area contributed by atoms with Crippen LogP contribution in [0.1, 0.15) is 87.7 Å². The van der Waals surface area contributed by atoms with Crippen molar-refractivity contribution >= 4 is 3.21 Å². The summed E-state index contributed by atoms with van der Waals surface area (Å²) in [7, 11) is 0. The summed E-state index contributed by atoms with van der Waals surface area (Å²) in [5.74, 6) is 0. The molecule has 0 unspecified atom stereocenters. The van der Waals surface area contributed by atoms with Gasteiger partial charge in [-0.2, -0.15) is 0 Å². The van der Waals surface area contributed by atoms with Crippen molar-refractivity contribution in [2.75, 3.05) is 0 Å². The summed E-state index contributed by atoms with van der Waals surface area (Å²) in [5.41, 5.74) is 9.44. The predicted molar refractivity (Wildman–Crippen MR) is 129 cm³/mol. The van der Waals surface area contributed by atoms with Gasteiger partial charge in [0.15, 0.2) is 0 Å². The van der Waals surface area contributed by atoms with Gasteiger partial charge in [-0.1, -0.05) is 0 Å². The molecule has 30 heavy (non-hydrogen) atoms. The molecule has 2 aromatic rings. The molecule has 0 radical (unpaired) electrons. The van der Waals surface area contributed by atoms with Crippen molar-refractivity contribution in [3.05, 3.63) is 80.2 Å². The molecule has 156 valence electrons. The Kier molecular flexibility index (Phi) is 5.59. The molecule has 0 heterocycles. The van der Waals surface area contributed by atoms with Crippen molar-refractivity contribution in [2.45, 2.75) is 76.3 Å². The average Bonchev–Trinajstić information content (AvgIpc) is 3.27. The number of hydrogen-bond acceptors (Lipinski definition) is 0. The fraction of sp³-hybridized carbons (Fsp3) is 0.414. The third-order valence-corrected chi connectivity index (χ3v) is 14.9. The van der Waals surface area contributed by atoms with Gasteiger partial charge in [0, 0.05) is 0 Å². The molecule has 0 aliphatic heterocycles. The Labute approximate surface area is 191 Å². The van der Waals surface area contributed by atoms with E-state index in [1.165, 1.54) is 28.7 Å². The molecule has 4 rings (SSSR count). The molecule has 0 nitrogen and oxygen atoms in total. The summed E-state index contributed by atoms with van der Waals surface area (Å²) in [5, 5.41) is 0. The Hall–Kier alpha value is -1.33. The van der Waals surface area contributed by atoms with Gasteiger partial charge in [0.1, 0.15) is 0 Å². The molecule has 0 aromatic heterocycles. The first-order valence-corrected chi connectivity index (χ1v) is 15.2. The maximum atomic E-state index is 2.56. The fourth-order valence-corrected chi connectivity index (χ4v) is 13.1. The second-order valence-electron chi connectivity index (χ2n) is 11.3. The van der Waals surface area contributed by atoms with Crippen LogP contribution in [0.3, 0.4) is 0 Å². The first-order chi connectivity index (χ1) is 14.0. The van der Waals surface area contributed by atoms with Crippen molar-refractivity contribution in [3.63, 3.8) is 0 Å². The third-order valence-electron chi connectivity index (χ3n) is 6.69. The maximum absolute atomic E-state index is 2.56. The van der Waals surface area contributed by atoms with Crippen molar-refractivity contribution in [1.82, 2.24) is 0 Å². The number of fused-ring (bicyclic) bond motifs is 3. The van der Waals surface area contributed by atoms with Crippen LogP contribution < -0.4 is 0 Å². The molecule has 0 spiro atoms. The molecule has 0 saturated carbocycles. The van der Waals surface area contributed by atoms with E-state index >= 15 is 0 Å². The molecule has 0 amide bonds. The Morgan fingerprint density at radius 1 is 0.800 bits per heavy atom. The number of rotatable bonds is 2. The number of benzene rings is 2.